The van der Waals surface area contributed by atoms with E-state index in [2.05, 4.69) is 4.98 Å². The number of methoxy groups -OCH3 is 1. The van der Waals surface area contributed by atoms with E-state index in [1.165, 1.54) is 25.3 Å². The molecule has 0 radical (unpaired) electrons. The van der Waals surface area contributed by atoms with Gasteiger partial charge >= 0.3 is 5.97 Å². The number of nitrogens with zero attached hydrogens (tertiary/aromatic N) is 2. The molecule has 0 unspecified atom stereocenters. The number of ether oxygens (including phenoxy) is 2. The van der Waals surface area contributed by atoms with Crippen LogP contribution in [-0.4, -0.2) is 23.2 Å². The second-order valence-corrected chi connectivity index (χ2v) is 4.29. The highest BCUT2D eigenvalue weighted by molar-refractivity contribution is 6.29. The fraction of sp³-hybridized carbons (Fsp3) is 0.0714. The van der Waals surface area contributed by atoms with Crippen molar-refractivity contribution in [1.29, 1.82) is 5.26 Å². The molecule has 0 bridgehead atoms. The van der Waals surface area contributed by atoms with Gasteiger partial charge in [0.1, 0.15) is 5.15 Å². The molecule has 0 atom stereocenters. The number of carbonyl (C=O) groups is 1. The number of carboxylic acid groups (broad SMARTS) is 1. The van der Waals surface area contributed by atoms with Crippen molar-refractivity contribution in [2.75, 3.05) is 7.11 Å². The molecule has 6 nitrogen and oxygen atoms in total. The highest BCUT2D eigenvalue weighted by Gasteiger charge is 2.12. The van der Waals surface area contributed by atoms with Gasteiger partial charge in [-0.2, -0.15) is 5.26 Å². The second kappa shape index (κ2) is 6.11. The Bertz CT molecular complexity index is 740. The first kappa shape index (κ1) is 14.6. The first-order valence-electron chi connectivity index (χ1n) is 5.70. The minimum absolute atomic E-state index is 0.00621. The van der Waals surface area contributed by atoms with Crippen LogP contribution in [0.4, 0.5) is 0 Å². The van der Waals surface area contributed by atoms with Crippen LogP contribution in [0.5, 0.6) is 17.4 Å². The molecular weight excluding hydrogens is 296 g/mol. The Labute approximate surface area is 125 Å². The molecule has 2 aromatic rings. The van der Waals surface area contributed by atoms with Gasteiger partial charge in [-0.1, -0.05) is 11.6 Å². The third kappa shape index (κ3) is 3.41. The van der Waals surface area contributed by atoms with Gasteiger partial charge in [-0.25, -0.2) is 9.78 Å². The van der Waals surface area contributed by atoms with Gasteiger partial charge in [0, 0.05) is 12.1 Å². The maximum Gasteiger partial charge on any atom is 0.335 e. The van der Waals surface area contributed by atoms with Crippen LogP contribution in [0.1, 0.15) is 15.9 Å². The number of aromatic nitrogens is 1. The van der Waals surface area contributed by atoms with Crippen LogP contribution in [0.15, 0.2) is 30.3 Å². The molecule has 0 amide bonds. The molecule has 1 aromatic carbocycles. The topological polar surface area (TPSA) is 92.4 Å². The van der Waals surface area contributed by atoms with Gasteiger partial charge in [-0.15, -0.1) is 0 Å². The lowest BCUT2D eigenvalue weighted by atomic mass is 10.2. The van der Waals surface area contributed by atoms with E-state index in [-0.39, 0.29) is 22.3 Å². The van der Waals surface area contributed by atoms with Crippen molar-refractivity contribution in [2.45, 2.75) is 0 Å². The molecule has 7 heteroatoms. The average molecular weight is 305 g/mol. The predicted molar refractivity (Wildman–Crippen MR) is 74.0 cm³/mol. The average Bonchev–Trinajstić information content (AvgIpc) is 2.46. The Morgan fingerprint density at radius 2 is 2.10 bits per heavy atom. The number of halogens is 1. The van der Waals surface area contributed by atoms with Gasteiger partial charge in [-0.05, 0) is 18.2 Å². The zero-order valence-electron chi connectivity index (χ0n) is 10.8. The number of hydrogen-bond donors (Lipinski definition) is 1. The molecule has 1 aromatic heterocycles. The van der Waals surface area contributed by atoms with E-state index >= 15 is 0 Å². The Hall–Kier alpha value is -2.78. The minimum Gasteiger partial charge on any atom is -0.493 e. The van der Waals surface area contributed by atoms with Crippen LogP contribution in [0.2, 0.25) is 5.15 Å². The molecule has 0 aliphatic heterocycles. The van der Waals surface area contributed by atoms with Crippen LogP contribution in [0.3, 0.4) is 0 Å². The van der Waals surface area contributed by atoms with Gasteiger partial charge in [0.25, 0.3) is 0 Å². The van der Waals surface area contributed by atoms with Crippen molar-refractivity contribution in [3.63, 3.8) is 0 Å². The minimum atomic E-state index is -1.15. The third-order valence-corrected chi connectivity index (χ3v) is 2.72. The number of benzene rings is 1. The Kier molecular flexibility index (Phi) is 4.26. The summed E-state index contributed by atoms with van der Waals surface area (Å²) in [5, 5.41) is 17.9. The molecular formula is C14H9ClN2O4. The van der Waals surface area contributed by atoms with Crippen molar-refractivity contribution >= 4 is 17.6 Å². The molecule has 0 aliphatic rings. The standard InChI is InChI=1S/C14H9ClN2O4/c1-20-10-3-2-8(7-16)4-11(10)21-13-6-9(14(18)19)5-12(15)17-13/h2-6H,1H3,(H,18,19). The summed E-state index contributed by atoms with van der Waals surface area (Å²) in [7, 11) is 1.45. The monoisotopic (exact) mass is 304 g/mol. The highest BCUT2D eigenvalue weighted by atomic mass is 35.5. The zero-order valence-corrected chi connectivity index (χ0v) is 11.6. The van der Waals surface area contributed by atoms with E-state index in [4.69, 9.17) is 31.4 Å². The molecule has 0 saturated carbocycles. The molecule has 2 rings (SSSR count). The van der Waals surface area contributed by atoms with Gasteiger partial charge in [-0.3, -0.25) is 0 Å². The summed E-state index contributed by atoms with van der Waals surface area (Å²) in [5.41, 5.74) is 0.312. The number of hydrogen-bond acceptors (Lipinski definition) is 5. The van der Waals surface area contributed by atoms with Crippen LogP contribution in [0.25, 0.3) is 0 Å². The normalized spacial score (nSPS) is 9.76. The maximum absolute atomic E-state index is 11.0. The van der Waals surface area contributed by atoms with Crippen molar-refractivity contribution in [3.05, 3.63) is 46.6 Å². The number of pyridine rings is 1. The van der Waals surface area contributed by atoms with Crippen LogP contribution >= 0.6 is 11.6 Å². The Balaban J connectivity index is 2.42. The summed E-state index contributed by atoms with van der Waals surface area (Å²) in [6, 6.07) is 9.00. The zero-order chi connectivity index (χ0) is 15.4. The van der Waals surface area contributed by atoms with E-state index in [1.807, 2.05) is 6.07 Å². The summed E-state index contributed by atoms with van der Waals surface area (Å²) in [5.74, 6) is -0.537. The Morgan fingerprint density at radius 3 is 2.71 bits per heavy atom. The summed E-state index contributed by atoms with van der Waals surface area (Å²) in [6.45, 7) is 0. The van der Waals surface area contributed by atoms with Crippen molar-refractivity contribution in [2.24, 2.45) is 0 Å². The lowest BCUT2D eigenvalue weighted by Crippen LogP contribution is -1.99. The molecule has 0 fully saturated rings. The summed E-state index contributed by atoms with van der Waals surface area (Å²) >= 11 is 5.75. The molecule has 106 valence electrons. The van der Waals surface area contributed by atoms with Crippen LogP contribution in [0, 0.1) is 11.3 Å². The molecule has 21 heavy (non-hydrogen) atoms. The molecule has 0 aliphatic carbocycles. The van der Waals surface area contributed by atoms with Crippen LogP contribution < -0.4 is 9.47 Å². The third-order valence-electron chi connectivity index (χ3n) is 2.52. The fourth-order valence-electron chi connectivity index (χ4n) is 1.59. The lowest BCUT2D eigenvalue weighted by molar-refractivity contribution is 0.0696. The summed E-state index contributed by atoms with van der Waals surface area (Å²) in [4.78, 5) is 14.9. The van der Waals surface area contributed by atoms with E-state index in [0.29, 0.717) is 11.3 Å². The first-order chi connectivity index (χ1) is 10.0. The number of rotatable bonds is 4. The number of nitriles is 1. The molecule has 1 heterocycles. The lowest BCUT2D eigenvalue weighted by Gasteiger charge is -2.10. The van der Waals surface area contributed by atoms with Gasteiger partial charge in [0.2, 0.25) is 5.88 Å². The first-order valence-corrected chi connectivity index (χ1v) is 6.08. The Morgan fingerprint density at radius 1 is 1.33 bits per heavy atom. The highest BCUT2D eigenvalue weighted by Crippen LogP contribution is 2.32. The van der Waals surface area contributed by atoms with E-state index in [0.717, 1.165) is 0 Å². The second-order valence-electron chi connectivity index (χ2n) is 3.90. The molecule has 0 saturated heterocycles. The van der Waals surface area contributed by atoms with Crippen molar-refractivity contribution in [3.8, 4) is 23.4 Å². The molecule has 0 spiro atoms. The summed E-state index contributed by atoms with van der Waals surface area (Å²) in [6.07, 6.45) is 0. The largest absolute Gasteiger partial charge is 0.493 e. The quantitative estimate of drug-likeness (QED) is 0.872. The fourth-order valence-corrected chi connectivity index (χ4v) is 1.79. The van der Waals surface area contributed by atoms with E-state index < -0.39 is 5.97 Å². The van der Waals surface area contributed by atoms with E-state index in [1.54, 1.807) is 12.1 Å². The maximum atomic E-state index is 11.0. The number of aromatic carboxylic acids is 1. The predicted octanol–water partition coefficient (Wildman–Crippen LogP) is 3.11. The van der Waals surface area contributed by atoms with Crippen LogP contribution in [-0.2, 0) is 0 Å². The summed E-state index contributed by atoms with van der Waals surface area (Å²) < 4.78 is 10.6. The van der Waals surface area contributed by atoms with Gasteiger partial charge in [0.15, 0.2) is 11.5 Å². The SMILES string of the molecule is COc1ccc(C#N)cc1Oc1cc(C(=O)O)cc(Cl)n1. The van der Waals surface area contributed by atoms with Crippen molar-refractivity contribution < 1.29 is 19.4 Å². The smallest absolute Gasteiger partial charge is 0.335 e. The number of carboxylic acids is 1. The van der Waals surface area contributed by atoms with Gasteiger partial charge < -0.3 is 14.6 Å². The molecule has 1 N–H and O–H groups in total. The van der Waals surface area contributed by atoms with Gasteiger partial charge in [0.05, 0.1) is 24.3 Å². The van der Waals surface area contributed by atoms with Crippen molar-refractivity contribution in [1.82, 2.24) is 4.98 Å². The van der Waals surface area contributed by atoms with E-state index in [9.17, 15) is 4.79 Å².